The topological polar surface area (TPSA) is 97.9 Å². The molecule has 3 rings (SSSR count). The van der Waals surface area contributed by atoms with Gasteiger partial charge in [0.15, 0.2) is 0 Å². The third kappa shape index (κ3) is 3.88. The Kier molecular flexibility index (Phi) is 4.97. The number of amides is 1. The molecule has 2 aromatic heterocycles. The van der Waals surface area contributed by atoms with Crippen LogP contribution in [0.2, 0.25) is 0 Å². The number of likely N-dealkylation sites (N-methyl/N-ethyl adjacent to an activating group) is 1. The molecule has 9 heteroatoms. The van der Waals surface area contributed by atoms with Crippen molar-refractivity contribution in [2.75, 3.05) is 12.4 Å². The second kappa shape index (κ2) is 7.34. The minimum Gasteiger partial charge on any atom is -0.371 e. The van der Waals surface area contributed by atoms with Crippen molar-refractivity contribution in [1.82, 2.24) is 25.2 Å². The summed E-state index contributed by atoms with van der Waals surface area (Å²) in [7, 11) is 1.57. The number of carbonyl (C=O) groups is 1. The summed E-state index contributed by atoms with van der Waals surface area (Å²) in [6.45, 7) is 3.69. The average molecular weight is 358 g/mol. The maximum absolute atomic E-state index is 13.4. The first kappa shape index (κ1) is 17.6. The average Bonchev–Trinajstić information content (AvgIpc) is 3.27. The van der Waals surface area contributed by atoms with E-state index >= 15 is 0 Å². The van der Waals surface area contributed by atoms with Crippen LogP contribution in [0.5, 0.6) is 0 Å². The van der Waals surface area contributed by atoms with E-state index in [0.29, 0.717) is 22.8 Å². The Morgan fingerprint density at radius 1 is 1.42 bits per heavy atom. The Morgan fingerprint density at radius 2 is 2.23 bits per heavy atom. The van der Waals surface area contributed by atoms with Crippen molar-refractivity contribution in [1.29, 1.82) is 0 Å². The van der Waals surface area contributed by atoms with E-state index in [2.05, 4.69) is 25.9 Å². The largest absolute Gasteiger partial charge is 0.371 e. The van der Waals surface area contributed by atoms with Crippen molar-refractivity contribution in [3.05, 3.63) is 47.9 Å². The monoisotopic (exact) mass is 358 g/mol. The third-order valence-corrected chi connectivity index (χ3v) is 3.83. The Morgan fingerprint density at radius 3 is 2.96 bits per heavy atom. The maximum Gasteiger partial charge on any atom is 0.249 e. The van der Waals surface area contributed by atoms with Crippen LogP contribution in [0.4, 0.5) is 10.1 Å². The number of anilines is 1. The van der Waals surface area contributed by atoms with Gasteiger partial charge in [0.05, 0.1) is 11.9 Å². The lowest BCUT2D eigenvalue weighted by atomic mass is 10.1. The van der Waals surface area contributed by atoms with Crippen molar-refractivity contribution in [2.24, 2.45) is 0 Å². The summed E-state index contributed by atoms with van der Waals surface area (Å²) in [5, 5.41) is 13.8. The first-order valence-corrected chi connectivity index (χ1v) is 8.06. The van der Waals surface area contributed by atoms with E-state index in [-0.39, 0.29) is 24.3 Å². The number of benzene rings is 1. The summed E-state index contributed by atoms with van der Waals surface area (Å²) in [4.78, 5) is 15.7. The van der Waals surface area contributed by atoms with Gasteiger partial charge in [-0.2, -0.15) is 10.1 Å². The van der Waals surface area contributed by atoms with E-state index in [1.807, 2.05) is 6.92 Å². The van der Waals surface area contributed by atoms with Gasteiger partial charge in [-0.25, -0.2) is 4.39 Å². The molecule has 1 aromatic carbocycles. The van der Waals surface area contributed by atoms with Crippen LogP contribution in [0.3, 0.4) is 0 Å². The molecule has 0 fully saturated rings. The van der Waals surface area contributed by atoms with Crippen molar-refractivity contribution in [3.63, 3.8) is 0 Å². The minimum atomic E-state index is -0.277. The summed E-state index contributed by atoms with van der Waals surface area (Å²) in [5.74, 6) is 0.373. The SMILES string of the molecule is CNC(=O)Cn1cc(NC(C)c2nc(-c3ccc(F)c(C)c3)no2)cn1. The van der Waals surface area contributed by atoms with Gasteiger partial charge in [-0.1, -0.05) is 5.16 Å². The van der Waals surface area contributed by atoms with Crippen LogP contribution in [0.15, 0.2) is 35.1 Å². The smallest absolute Gasteiger partial charge is 0.249 e. The molecule has 0 aliphatic heterocycles. The second-order valence-electron chi connectivity index (χ2n) is 5.89. The zero-order valence-corrected chi connectivity index (χ0v) is 14.7. The number of rotatable bonds is 6. The van der Waals surface area contributed by atoms with Gasteiger partial charge < -0.3 is 15.2 Å². The highest BCUT2D eigenvalue weighted by molar-refractivity contribution is 5.75. The Labute approximate surface area is 149 Å². The second-order valence-corrected chi connectivity index (χ2v) is 5.89. The lowest BCUT2D eigenvalue weighted by Crippen LogP contribution is -2.23. The van der Waals surface area contributed by atoms with Crippen LogP contribution in [0.1, 0.15) is 24.4 Å². The molecule has 3 aromatic rings. The number of carbonyl (C=O) groups excluding carboxylic acids is 1. The van der Waals surface area contributed by atoms with Crippen LogP contribution < -0.4 is 10.6 Å². The van der Waals surface area contributed by atoms with Gasteiger partial charge in [0.2, 0.25) is 17.6 Å². The number of nitrogens with one attached hydrogen (secondary N) is 2. The van der Waals surface area contributed by atoms with Crippen molar-refractivity contribution in [3.8, 4) is 11.4 Å². The van der Waals surface area contributed by atoms with Gasteiger partial charge in [0.1, 0.15) is 18.4 Å². The van der Waals surface area contributed by atoms with Crippen molar-refractivity contribution < 1.29 is 13.7 Å². The van der Waals surface area contributed by atoms with E-state index in [1.165, 1.54) is 10.7 Å². The molecule has 1 atom stereocenters. The first-order chi connectivity index (χ1) is 12.5. The van der Waals surface area contributed by atoms with Gasteiger partial charge in [-0.05, 0) is 37.6 Å². The van der Waals surface area contributed by atoms with Crippen molar-refractivity contribution >= 4 is 11.6 Å². The number of aromatic nitrogens is 4. The number of nitrogens with zero attached hydrogens (tertiary/aromatic N) is 4. The molecule has 0 radical (unpaired) electrons. The normalized spacial score (nSPS) is 12.0. The summed E-state index contributed by atoms with van der Waals surface area (Å²) in [6.07, 6.45) is 3.33. The molecule has 0 aliphatic carbocycles. The fraction of sp³-hybridized carbons (Fsp3) is 0.294. The summed E-state index contributed by atoms with van der Waals surface area (Å²) < 4.78 is 20.2. The molecule has 136 valence electrons. The lowest BCUT2D eigenvalue weighted by molar-refractivity contribution is -0.121. The fourth-order valence-corrected chi connectivity index (χ4v) is 2.37. The van der Waals surface area contributed by atoms with Crippen LogP contribution in [0, 0.1) is 12.7 Å². The molecule has 8 nitrogen and oxygen atoms in total. The van der Waals surface area contributed by atoms with Crippen LogP contribution >= 0.6 is 0 Å². The van der Waals surface area contributed by atoms with E-state index < -0.39 is 0 Å². The van der Waals surface area contributed by atoms with E-state index in [1.54, 1.807) is 38.5 Å². The summed E-state index contributed by atoms with van der Waals surface area (Å²) >= 11 is 0. The van der Waals surface area contributed by atoms with Crippen LogP contribution in [-0.4, -0.2) is 32.9 Å². The highest BCUT2D eigenvalue weighted by atomic mass is 19.1. The molecule has 2 N–H and O–H groups in total. The molecule has 0 spiro atoms. The zero-order chi connectivity index (χ0) is 18.7. The summed E-state index contributed by atoms with van der Waals surface area (Å²) in [6, 6.07) is 4.39. The highest BCUT2D eigenvalue weighted by Crippen LogP contribution is 2.23. The van der Waals surface area contributed by atoms with E-state index in [9.17, 15) is 9.18 Å². The number of hydrogen-bond donors (Lipinski definition) is 2. The van der Waals surface area contributed by atoms with Gasteiger partial charge >= 0.3 is 0 Å². The number of aryl methyl sites for hydroxylation is 1. The molecular weight excluding hydrogens is 339 g/mol. The standard InChI is InChI=1S/C17H19FN6O2/c1-10-6-12(4-5-14(10)18)16-22-17(26-23-16)11(2)21-13-7-20-24(8-13)9-15(25)19-3/h4-8,11,21H,9H2,1-3H3,(H,19,25). The molecule has 26 heavy (non-hydrogen) atoms. The Bertz CT molecular complexity index is 920. The number of hydrogen-bond acceptors (Lipinski definition) is 6. The predicted molar refractivity (Wildman–Crippen MR) is 92.8 cm³/mol. The molecule has 1 amide bonds. The van der Waals surface area contributed by atoms with Crippen LogP contribution in [-0.2, 0) is 11.3 Å². The molecule has 2 heterocycles. The predicted octanol–water partition coefficient (Wildman–Crippen LogP) is 2.30. The molecular formula is C17H19FN6O2. The Balaban J connectivity index is 1.69. The zero-order valence-electron chi connectivity index (χ0n) is 14.7. The highest BCUT2D eigenvalue weighted by Gasteiger charge is 2.16. The molecule has 1 unspecified atom stereocenters. The molecule has 0 saturated heterocycles. The fourth-order valence-electron chi connectivity index (χ4n) is 2.37. The molecule has 0 aliphatic rings. The van der Waals surface area contributed by atoms with Gasteiger partial charge in [-0.3, -0.25) is 9.48 Å². The minimum absolute atomic E-state index is 0.135. The summed E-state index contributed by atoms with van der Waals surface area (Å²) in [5.41, 5.74) is 1.92. The number of halogens is 1. The van der Waals surface area contributed by atoms with E-state index in [4.69, 9.17) is 4.52 Å². The molecule has 0 saturated carbocycles. The van der Waals surface area contributed by atoms with Gasteiger partial charge in [-0.15, -0.1) is 0 Å². The van der Waals surface area contributed by atoms with Crippen LogP contribution in [0.25, 0.3) is 11.4 Å². The third-order valence-electron chi connectivity index (χ3n) is 3.83. The lowest BCUT2D eigenvalue weighted by Gasteiger charge is -2.08. The molecule has 0 bridgehead atoms. The first-order valence-electron chi connectivity index (χ1n) is 8.06. The van der Waals surface area contributed by atoms with Crippen molar-refractivity contribution in [2.45, 2.75) is 26.4 Å². The van der Waals surface area contributed by atoms with Gasteiger partial charge in [0, 0.05) is 18.8 Å². The maximum atomic E-state index is 13.4. The quantitative estimate of drug-likeness (QED) is 0.702. The van der Waals surface area contributed by atoms with Gasteiger partial charge in [0.25, 0.3) is 0 Å². The van der Waals surface area contributed by atoms with E-state index in [0.717, 1.165) is 5.69 Å². The Hall–Kier alpha value is -3.23.